The molecular formula is C13H18IN3O2. The zero-order chi connectivity index (χ0) is 14.0. The lowest BCUT2D eigenvalue weighted by atomic mass is 9.75. The fourth-order valence-electron chi connectivity index (χ4n) is 2.39. The molecule has 1 fully saturated rings. The lowest BCUT2D eigenvalue weighted by Crippen LogP contribution is -2.54. The van der Waals surface area contributed by atoms with Gasteiger partial charge in [0, 0.05) is 33.5 Å². The van der Waals surface area contributed by atoms with Crippen LogP contribution in [0.2, 0.25) is 0 Å². The van der Waals surface area contributed by atoms with Gasteiger partial charge in [-0.05, 0) is 62.0 Å². The number of hydrogen-bond acceptors (Lipinski definition) is 4. The van der Waals surface area contributed by atoms with Gasteiger partial charge in [-0.3, -0.25) is 10.1 Å². The lowest BCUT2D eigenvalue weighted by molar-refractivity contribution is -0.384. The molecule has 0 bridgehead atoms. The largest absolute Gasteiger partial charge is 0.382 e. The molecule has 0 amide bonds. The second kappa shape index (κ2) is 5.62. The number of nitrogens with zero attached hydrogens (tertiary/aromatic N) is 2. The number of benzene rings is 1. The highest BCUT2D eigenvalue weighted by molar-refractivity contribution is 14.1. The second-order valence-electron chi connectivity index (χ2n) is 5.25. The summed E-state index contributed by atoms with van der Waals surface area (Å²) >= 11 is 2.14. The predicted octanol–water partition coefficient (Wildman–Crippen LogP) is 3.10. The minimum Gasteiger partial charge on any atom is -0.382 e. The number of hydrogen-bond donors (Lipinski definition) is 1. The molecular weight excluding hydrogens is 357 g/mol. The molecule has 6 heteroatoms. The zero-order valence-electron chi connectivity index (χ0n) is 11.1. The third-order valence-electron chi connectivity index (χ3n) is 4.00. The summed E-state index contributed by atoms with van der Waals surface area (Å²) in [7, 11) is 4.23. The Hall–Kier alpha value is -0.890. The van der Waals surface area contributed by atoms with E-state index in [4.69, 9.17) is 0 Å². The van der Waals surface area contributed by atoms with Crippen molar-refractivity contribution >= 4 is 34.0 Å². The van der Waals surface area contributed by atoms with Crippen LogP contribution >= 0.6 is 22.6 Å². The Bertz CT molecular complexity index is 487. The van der Waals surface area contributed by atoms with Gasteiger partial charge in [-0.2, -0.15) is 0 Å². The Morgan fingerprint density at radius 2 is 2.16 bits per heavy atom. The van der Waals surface area contributed by atoms with Crippen LogP contribution in [0.1, 0.15) is 19.3 Å². The predicted molar refractivity (Wildman–Crippen MR) is 84.6 cm³/mol. The van der Waals surface area contributed by atoms with Gasteiger partial charge >= 0.3 is 0 Å². The Balaban J connectivity index is 2.06. The van der Waals surface area contributed by atoms with Gasteiger partial charge in [0.05, 0.1) is 4.92 Å². The van der Waals surface area contributed by atoms with Crippen molar-refractivity contribution in [2.24, 2.45) is 0 Å². The van der Waals surface area contributed by atoms with Crippen LogP contribution in [0.3, 0.4) is 0 Å². The number of nitrogens with one attached hydrogen (secondary N) is 1. The van der Waals surface area contributed by atoms with Gasteiger partial charge in [0.1, 0.15) is 0 Å². The van der Waals surface area contributed by atoms with Crippen molar-refractivity contribution in [3.05, 3.63) is 31.9 Å². The summed E-state index contributed by atoms with van der Waals surface area (Å²) in [6.45, 7) is 0.883. The van der Waals surface area contributed by atoms with Crippen molar-refractivity contribution in [3.8, 4) is 0 Å². The SMILES string of the molecule is CN(C)C1(CNc2ccc([N+](=O)[O-])cc2I)CCC1. The van der Waals surface area contributed by atoms with Gasteiger partial charge < -0.3 is 10.2 Å². The monoisotopic (exact) mass is 375 g/mol. The molecule has 0 radical (unpaired) electrons. The van der Waals surface area contributed by atoms with Crippen LogP contribution < -0.4 is 5.32 Å². The molecule has 104 valence electrons. The standard InChI is InChI=1S/C13H18IN3O2/c1-16(2)13(6-3-7-13)9-15-12-5-4-10(17(18)19)8-11(12)14/h4-5,8,15H,3,6-7,9H2,1-2H3. The van der Waals surface area contributed by atoms with Crippen LogP contribution in [0.25, 0.3) is 0 Å². The van der Waals surface area contributed by atoms with Crippen molar-refractivity contribution in [2.75, 3.05) is 26.0 Å². The van der Waals surface area contributed by atoms with Crippen molar-refractivity contribution < 1.29 is 4.92 Å². The Labute approximate surface area is 126 Å². The molecule has 1 aromatic rings. The van der Waals surface area contributed by atoms with Crippen LogP contribution in [0.4, 0.5) is 11.4 Å². The van der Waals surface area contributed by atoms with Gasteiger partial charge in [0.25, 0.3) is 5.69 Å². The molecule has 1 saturated carbocycles. The van der Waals surface area contributed by atoms with Crippen LogP contribution in [0.5, 0.6) is 0 Å². The third-order valence-corrected chi connectivity index (χ3v) is 4.90. The number of non-ortho nitro benzene ring substituents is 1. The van der Waals surface area contributed by atoms with Crippen molar-refractivity contribution in [3.63, 3.8) is 0 Å². The van der Waals surface area contributed by atoms with Gasteiger partial charge in [0.2, 0.25) is 0 Å². The quantitative estimate of drug-likeness (QED) is 0.488. The maximum Gasteiger partial charge on any atom is 0.270 e. The van der Waals surface area contributed by atoms with Gasteiger partial charge in [-0.15, -0.1) is 0 Å². The van der Waals surface area contributed by atoms with Gasteiger partial charge in [0.15, 0.2) is 0 Å². The number of likely N-dealkylation sites (N-methyl/N-ethyl adjacent to an activating group) is 1. The Kier molecular flexibility index (Phi) is 4.29. The van der Waals surface area contributed by atoms with Crippen molar-refractivity contribution in [1.29, 1.82) is 0 Å². The molecule has 0 aromatic heterocycles. The average Bonchev–Trinajstić information content (AvgIpc) is 2.28. The second-order valence-corrected chi connectivity index (χ2v) is 6.41. The minimum absolute atomic E-state index is 0.140. The normalized spacial score (nSPS) is 17.1. The first-order valence-electron chi connectivity index (χ1n) is 6.30. The topological polar surface area (TPSA) is 58.4 Å². The van der Waals surface area contributed by atoms with Crippen LogP contribution in [-0.2, 0) is 0 Å². The van der Waals surface area contributed by atoms with Crippen LogP contribution in [0.15, 0.2) is 18.2 Å². The highest BCUT2D eigenvalue weighted by atomic mass is 127. The first-order chi connectivity index (χ1) is 8.94. The summed E-state index contributed by atoms with van der Waals surface area (Å²) in [5, 5.41) is 14.1. The molecule has 19 heavy (non-hydrogen) atoms. The van der Waals surface area contributed by atoms with E-state index in [0.29, 0.717) is 0 Å². The Morgan fingerprint density at radius 1 is 1.47 bits per heavy atom. The van der Waals surface area contributed by atoms with E-state index in [1.165, 1.54) is 19.3 Å². The molecule has 0 spiro atoms. The van der Waals surface area contributed by atoms with Crippen molar-refractivity contribution in [1.82, 2.24) is 4.90 Å². The van der Waals surface area contributed by atoms with E-state index in [0.717, 1.165) is 15.8 Å². The molecule has 0 saturated heterocycles. The summed E-state index contributed by atoms with van der Waals surface area (Å²) < 4.78 is 0.889. The van der Waals surface area contributed by atoms with E-state index in [9.17, 15) is 10.1 Å². The molecule has 1 aliphatic rings. The van der Waals surface area contributed by atoms with Gasteiger partial charge in [-0.1, -0.05) is 0 Å². The number of anilines is 1. The van der Waals surface area contributed by atoms with Crippen molar-refractivity contribution in [2.45, 2.75) is 24.8 Å². The highest BCUT2D eigenvalue weighted by Crippen LogP contribution is 2.36. The maximum atomic E-state index is 10.7. The first kappa shape index (κ1) is 14.5. The summed E-state index contributed by atoms with van der Waals surface area (Å²) in [4.78, 5) is 12.6. The molecule has 0 aliphatic heterocycles. The summed E-state index contributed by atoms with van der Waals surface area (Å²) in [6.07, 6.45) is 3.68. The van der Waals surface area contributed by atoms with E-state index >= 15 is 0 Å². The van der Waals surface area contributed by atoms with E-state index in [1.807, 2.05) is 0 Å². The molecule has 5 nitrogen and oxygen atoms in total. The molecule has 2 rings (SSSR count). The average molecular weight is 375 g/mol. The number of nitro benzene ring substituents is 1. The summed E-state index contributed by atoms with van der Waals surface area (Å²) in [5.41, 5.74) is 1.35. The summed E-state index contributed by atoms with van der Waals surface area (Å²) in [6, 6.07) is 4.95. The molecule has 1 aliphatic carbocycles. The zero-order valence-corrected chi connectivity index (χ0v) is 13.3. The molecule has 0 atom stereocenters. The third kappa shape index (κ3) is 3.00. The number of nitro groups is 1. The van der Waals surface area contributed by atoms with E-state index < -0.39 is 0 Å². The fourth-order valence-corrected chi connectivity index (χ4v) is 3.08. The summed E-state index contributed by atoms with van der Waals surface area (Å²) in [5.74, 6) is 0. The van der Waals surface area contributed by atoms with E-state index in [1.54, 1.807) is 18.2 Å². The number of halogens is 1. The van der Waals surface area contributed by atoms with E-state index in [2.05, 4.69) is 46.9 Å². The minimum atomic E-state index is -0.362. The molecule has 0 heterocycles. The molecule has 0 unspecified atom stereocenters. The smallest absolute Gasteiger partial charge is 0.270 e. The van der Waals surface area contributed by atoms with Crippen LogP contribution in [-0.4, -0.2) is 36.0 Å². The Morgan fingerprint density at radius 3 is 2.58 bits per heavy atom. The molecule has 1 aromatic carbocycles. The first-order valence-corrected chi connectivity index (χ1v) is 7.38. The molecule has 1 N–H and O–H groups in total. The number of rotatable bonds is 5. The fraction of sp³-hybridized carbons (Fsp3) is 0.538. The van der Waals surface area contributed by atoms with E-state index in [-0.39, 0.29) is 16.1 Å². The van der Waals surface area contributed by atoms with Crippen LogP contribution in [0, 0.1) is 13.7 Å². The highest BCUT2D eigenvalue weighted by Gasteiger charge is 2.38. The van der Waals surface area contributed by atoms with Gasteiger partial charge in [-0.25, -0.2) is 0 Å². The maximum absolute atomic E-state index is 10.7. The lowest BCUT2D eigenvalue weighted by Gasteiger charge is -2.47.